The summed E-state index contributed by atoms with van der Waals surface area (Å²) in [6, 6.07) is 0. The van der Waals surface area contributed by atoms with Gasteiger partial charge in [0, 0.05) is 19.2 Å². The lowest BCUT2D eigenvalue weighted by Gasteiger charge is -2.16. The molecule has 6 nitrogen and oxygen atoms in total. The molecule has 14 heavy (non-hydrogen) atoms. The Kier molecular flexibility index (Phi) is 4.93. The molecule has 1 rings (SSSR count). The van der Waals surface area contributed by atoms with Gasteiger partial charge in [0.2, 0.25) is 0 Å². The summed E-state index contributed by atoms with van der Waals surface area (Å²) in [5, 5.41) is 22.4. The van der Waals surface area contributed by atoms with Gasteiger partial charge < -0.3 is 10.2 Å². The zero-order valence-corrected chi connectivity index (χ0v) is 8.11. The second-order valence-electron chi connectivity index (χ2n) is 2.73. The molecule has 80 valence electrons. The van der Waals surface area contributed by atoms with Gasteiger partial charge in [0.05, 0.1) is 6.54 Å². The molecule has 1 aliphatic heterocycles. The molecule has 0 spiro atoms. The topological polar surface area (TPSA) is 90.2 Å². The Morgan fingerprint density at radius 2 is 2.00 bits per heavy atom. The molecular formula is C7H11ClN2O4. The standard InChI is InChI=1S/C7H10N2O4.ClH/c10-6(11)5(7(12)13)4-9-3-1-2-8-9;/h2,5H,1,3-4H2,(H,10,11)(H,12,13);1H. The van der Waals surface area contributed by atoms with Gasteiger partial charge in [0.15, 0.2) is 5.92 Å². The zero-order valence-electron chi connectivity index (χ0n) is 7.29. The summed E-state index contributed by atoms with van der Waals surface area (Å²) >= 11 is 0. The monoisotopic (exact) mass is 222 g/mol. The highest BCUT2D eigenvalue weighted by atomic mass is 35.5. The van der Waals surface area contributed by atoms with Crippen molar-refractivity contribution in [3.05, 3.63) is 0 Å². The fourth-order valence-corrected chi connectivity index (χ4v) is 1.05. The number of carboxylic acid groups (broad SMARTS) is 2. The van der Waals surface area contributed by atoms with Crippen LogP contribution in [0, 0.1) is 5.92 Å². The lowest BCUT2D eigenvalue weighted by molar-refractivity contribution is -0.155. The third-order valence-corrected chi connectivity index (χ3v) is 1.75. The number of carboxylic acids is 2. The Hall–Kier alpha value is -1.30. The van der Waals surface area contributed by atoms with Crippen molar-refractivity contribution in [3.63, 3.8) is 0 Å². The number of halogens is 1. The first kappa shape index (κ1) is 12.7. The third kappa shape index (κ3) is 3.21. The highest BCUT2D eigenvalue weighted by Gasteiger charge is 2.28. The maximum absolute atomic E-state index is 10.5. The van der Waals surface area contributed by atoms with Crippen molar-refractivity contribution in [1.82, 2.24) is 5.01 Å². The molecule has 0 aromatic heterocycles. The van der Waals surface area contributed by atoms with E-state index < -0.39 is 17.9 Å². The fourth-order valence-electron chi connectivity index (χ4n) is 1.05. The molecule has 0 atom stereocenters. The Morgan fingerprint density at radius 1 is 1.43 bits per heavy atom. The maximum Gasteiger partial charge on any atom is 0.319 e. The van der Waals surface area contributed by atoms with Crippen LogP contribution in [0.15, 0.2) is 5.10 Å². The van der Waals surface area contributed by atoms with Crippen molar-refractivity contribution in [2.45, 2.75) is 6.42 Å². The van der Waals surface area contributed by atoms with Crippen molar-refractivity contribution in [2.75, 3.05) is 13.1 Å². The number of rotatable bonds is 4. The van der Waals surface area contributed by atoms with Gasteiger partial charge in [0.1, 0.15) is 0 Å². The normalized spacial score (nSPS) is 14.2. The second-order valence-corrected chi connectivity index (χ2v) is 2.73. The number of aliphatic carboxylic acids is 2. The average Bonchev–Trinajstić information content (AvgIpc) is 2.50. The van der Waals surface area contributed by atoms with Crippen molar-refractivity contribution in [1.29, 1.82) is 0 Å². The van der Waals surface area contributed by atoms with Crippen LogP contribution in [0.5, 0.6) is 0 Å². The molecule has 7 heteroatoms. The smallest absolute Gasteiger partial charge is 0.319 e. The van der Waals surface area contributed by atoms with Crippen molar-refractivity contribution < 1.29 is 19.8 Å². The Balaban J connectivity index is 0.00000169. The summed E-state index contributed by atoms with van der Waals surface area (Å²) in [7, 11) is 0. The third-order valence-electron chi connectivity index (χ3n) is 1.75. The van der Waals surface area contributed by atoms with E-state index in [1.54, 1.807) is 6.21 Å². The molecule has 0 fully saturated rings. The van der Waals surface area contributed by atoms with E-state index in [4.69, 9.17) is 10.2 Å². The molecule has 0 saturated heterocycles. The minimum Gasteiger partial charge on any atom is -0.481 e. The van der Waals surface area contributed by atoms with E-state index in [1.807, 2.05) is 0 Å². The molecule has 0 aliphatic carbocycles. The predicted molar refractivity (Wildman–Crippen MR) is 50.7 cm³/mol. The average molecular weight is 223 g/mol. The largest absolute Gasteiger partial charge is 0.481 e. The van der Waals surface area contributed by atoms with E-state index in [2.05, 4.69) is 5.10 Å². The highest BCUT2D eigenvalue weighted by molar-refractivity contribution is 5.93. The summed E-state index contributed by atoms with van der Waals surface area (Å²) in [4.78, 5) is 20.9. The van der Waals surface area contributed by atoms with Gasteiger partial charge in [-0.05, 0) is 0 Å². The van der Waals surface area contributed by atoms with Gasteiger partial charge in [-0.2, -0.15) is 5.10 Å². The van der Waals surface area contributed by atoms with Gasteiger partial charge in [-0.1, -0.05) is 0 Å². The fraction of sp³-hybridized carbons (Fsp3) is 0.571. The minimum absolute atomic E-state index is 0. The molecule has 0 radical (unpaired) electrons. The number of hydrogen-bond acceptors (Lipinski definition) is 4. The van der Waals surface area contributed by atoms with E-state index in [0.29, 0.717) is 6.54 Å². The molecule has 2 N–H and O–H groups in total. The summed E-state index contributed by atoms with van der Waals surface area (Å²) in [5.41, 5.74) is 0. The first-order valence-corrected chi connectivity index (χ1v) is 3.84. The van der Waals surface area contributed by atoms with Crippen LogP contribution in [0.4, 0.5) is 0 Å². The molecule has 0 aromatic rings. The molecule has 0 unspecified atom stereocenters. The SMILES string of the molecule is Cl.O=C(O)C(CN1CCC=N1)C(=O)O. The van der Waals surface area contributed by atoms with Gasteiger partial charge in [0.25, 0.3) is 0 Å². The molecule has 0 bridgehead atoms. The Bertz CT molecular complexity index is 242. The van der Waals surface area contributed by atoms with E-state index in [1.165, 1.54) is 5.01 Å². The summed E-state index contributed by atoms with van der Waals surface area (Å²) < 4.78 is 0. The zero-order chi connectivity index (χ0) is 9.84. The Labute approximate surface area is 86.6 Å². The van der Waals surface area contributed by atoms with Crippen LogP contribution >= 0.6 is 12.4 Å². The van der Waals surface area contributed by atoms with Crippen LogP contribution in [-0.2, 0) is 9.59 Å². The number of hydrazone groups is 1. The van der Waals surface area contributed by atoms with Crippen molar-refractivity contribution >= 4 is 30.6 Å². The first-order chi connectivity index (χ1) is 6.11. The van der Waals surface area contributed by atoms with Crippen molar-refractivity contribution in [2.24, 2.45) is 11.0 Å². The highest BCUT2D eigenvalue weighted by Crippen LogP contribution is 2.06. The number of hydrogen-bond donors (Lipinski definition) is 2. The van der Waals surface area contributed by atoms with Crippen LogP contribution in [-0.4, -0.2) is 46.5 Å². The van der Waals surface area contributed by atoms with Gasteiger partial charge in [-0.3, -0.25) is 14.6 Å². The van der Waals surface area contributed by atoms with E-state index in [0.717, 1.165) is 6.42 Å². The summed E-state index contributed by atoms with van der Waals surface area (Å²) in [6.07, 6.45) is 2.38. The van der Waals surface area contributed by atoms with Crippen LogP contribution in [0.3, 0.4) is 0 Å². The van der Waals surface area contributed by atoms with Gasteiger partial charge >= 0.3 is 11.9 Å². The minimum atomic E-state index is -1.39. The van der Waals surface area contributed by atoms with E-state index in [-0.39, 0.29) is 19.0 Å². The van der Waals surface area contributed by atoms with E-state index in [9.17, 15) is 9.59 Å². The molecule has 1 heterocycles. The summed E-state index contributed by atoms with van der Waals surface area (Å²) in [5.74, 6) is -4.04. The summed E-state index contributed by atoms with van der Waals surface area (Å²) in [6.45, 7) is 0.526. The molecule has 1 aliphatic rings. The van der Waals surface area contributed by atoms with Crippen LogP contribution in [0.1, 0.15) is 6.42 Å². The quantitative estimate of drug-likeness (QED) is 0.648. The second kappa shape index (κ2) is 5.43. The molecule has 0 saturated carbocycles. The van der Waals surface area contributed by atoms with Gasteiger partial charge in [-0.15, -0.1) is 12.4 Å². The molecular weight excluding hydrogens is 212 g/mol. The van der Waals surface area contributed by atoms with Gasteiger partial charge in [-0.25, -0.2) is 0 Å². The number of nitrogens with zero attached hydrogens (tertiary/aromatic N) is 2. The van der Waals surface area contributed by atoms with Crippen LogP contribution < -0.4 is 0 Å². The van der Waals surface area contributed by atoms with Crippen LogP contribution in [0.2, 0.25) is 0 Å². The molecule has 0 amide bonds. The molecule has 0 aromatic carbocycles. The lowest BCUT2D eigenvalue weighted by Crippen LogP contribution is -2.34. The van der Waals surface area contributed by atoms with E-state index >= 15 is 0 Å². The maximum atomic E-state index is 10.5. The lowest BCUT2D eigenvalue weighted by atomic mass is 10.1. The van der Waals surface area contributed by atoms with Crippen LogP contribution in [0.25, 0.3) is 0 Å². The van der Waals surface area contributed by atoms with Crippen molar-refractivity contribution in [3.8, 4) is 0 Å². The predicted octanol–water partition coefficient (Wildman–Crippen LogP) is -0.115. The Morgan fingerprint density at radius 3 is 2.36 bits per heavy atom. The number of carbonyl (C=O) groups is 2. The first-order valence-electron chi connectivity index (χ1n) is 3.84.